The fourth-order valence-electron chi connectivity index (χ4n) is 1.67. The zero-order chi connectivity index (χ0) is 15.2. The van der Waals surface area contributed by atoms with Crippen molar-refractivity contribution < 1.29 is 23.8 Å². The first-order chi connectivity index (χ1) is 10.1. The lowest BCUT2D eigenvalue weighted by molar-refractivity contribution is -0.132. The van der Waals surface area contributed by atoms with Gasteiger partial charge >= 0.3 is 5.97 Å². The van der Waals surface area contributed by atoms with Crippen LogP contribution in [0.1, 0.15) is 16.1 Å². The minimum absolute atomic E-state index is 0.121. The van der Waals surface area contributed by atoms with E-state index in [4.69, 9.17) is 14.3 Å². The van der Waals surface area contributed by atoms with Crippen molar-refractivity contribution in [3.63, 3.8) is 0 Å². The Morgan fingerprint density at radius 1 is 1.24 bits per heavy atom. The number of rotatable bonds is 6. The summed E-state index contributed by atoms with van der Waals surface area (Å²) in [6, 6.07) is 9.43. The average molecular weight is 289 g/mol. The number of ether oxygens (including phenoxy) is 1. The maximum Gasteiger partial charge on any atom is 0.335 e. The largest absolute Gasteiger partial charge is 0.484 e. The summed E-state index contributed by atoms with van der Waals surface area (Å²) < 4.78 is 10.5. The minimum Gasteiger partial charge on any atom is -0.484 e. The summed E-state index contributed by atoms with van der Waals surface area (Å²) in [6.45, 7) is 0.247. The number of likely N-dealkylation sites (N-methyl/N-ethyl adjacent to an activating group) is 1. The number of furan rings is 1. The molecule has 2 aromatic rings. The topological polar surface area (TPSA) is 80.0 Å². The van der Waals surface area contributed by atoms with Crippen LogP contribution in [0.2, 0.25) is 0 Å². The van der Waals surface area contributed by atoms with Crippen molar-refractivity contribution in [1.29, 1.82) is 0 Å². The van der Waals surface area contributed by atoms with Crippen LogP contribution in [0.3, 0.4) is 0 Å². The molecule has 0 aliphatic rings. The molecular formula is C15H15NO5. The van der Waals surface area contributed by atoms with E-state index in [1.807, 2.05) is 0 Å². The summed E-state index contributed by atoms with van der Waals surface area (Å²) in [6.07, 6.45) is 1.55. The Morgan fingerprint density at radius 3 is 2.52 bits per heavy atom. The highest BCUT2D eigenvalue weighted by Crippen LogP contribution is 2.12. The van der Waals surface area contributed by atoms with Gasteiger partial charge in [0.05, 0.1) is 18.4 Å². The van der Waals surface area contributed by atoms with Gasteiger partial charge in [-0.2, -0.15) is 0 Å². The third-order valence-electron chi connectivity index (χ3n) is 2.86. The molecule has 2 rings (SSSR count). The van der Waals surface area contributed by atoms with Crippen LogP contribution < -0.4 is 4.74 Å². The molecule has 6 heteroatoms. The molecule has 1 heterocycles. The van der Waals surface area contributed by atoms with E-state index < -0.39 is 5.97 Å². The Hall–Kier alpha value is -2.76. The van der Waals surface area contributed by atoms with E-state index in [-0.39, 0.29) is 18.1 Å². The number of hydrogen-bond donors (Lipinski definition) is 1. The van der Waals surface area contributed by atoms with Gasteiger partial charge in [0.15, 0.2) is 6.61 Å². The molecule has 110 valence electrons. The van der Waals surface area contributed by atoms with Crippen LogP contribution in [0.15, 0.2) is 47.1 Å². The lowest BCUT2D eigenvalue weighted by atomic mass is 10.2. The van der Waals surface area contributed by atoms with Gasteiger partial charge in [-0.05, 0) is 36.4 Å². The molecule has 21 heavy (non-hydrogen) atoms. The van der Waals surface area contributed by atoms with Gasteiger partial charge in [-0.15, -0.1) is 0 Å². The summed E-state index contributed by atoms with van der Waals surface area (Å²) in [5, 5.41) is 8.78. The fraction of sp³-hybridized carbons (Fsp3) is 0.200. The van der Waals surface area contributed by atoms with Gasteiger partial charge < -0.3 is 19.2 Å². The van der Waals surface area contributed by atoms with Crippen molar-refractivity contribution in [2.75, 3.05) is 13.7 Å². The van der Waals surface area contributed by atoms with Crippen LogP contribution in [0, 0.1) is 0 Å². The number of hydrogen-bond acceptors (Lipinski definition) is 4. The molecule has 1 aromatic carbocycles. The number of carbonyl (C=O) groups excluding carboxylic acids is 1. The highest BCUT2D eigenvalue weighted by atomic mass is 16.5. The SMILES string of the molecule is CN(Cc1ccco1)C(=O)COc1ccc(C(=O)O)cc1. The van der Waals surface area contributed by atoms with Gasteiger partial charge in [-0.3, -0.25) is 4.79 Å². The van der Waals surface area contributed by atoms with E-state index in [1.165, 1.54) is 29.2 Å². The molecule has 1 N–H and O–H groups in total. The Bertz CT molecular complexity index is 604. The molecule has 0 atom stereocenters. The summed E-state index contributed by atoms with van der Waals surface area (Å²) in [7, 11) is 1.65. The van der Waals surface area contributed by atoms with Gasteiger partial charge in [-0.25, -0.2) is 4.79 Å². The molecule has 0 bridgehead atoms. The second-order valence-corrected chi connectivity index (χ2v) is 4.45. The molecule has 1 aromatic heterocycles. The maximum atomic E-state index is 11.9. The summed E-state index contributed by atoms with van der Waals surface area (Å²) >= 11 is 0. The molecular weight excluding hydrogens is 274 g/mol. The standard InChI is InChI=1S/C15H15NO5/c1-16(9-13-3-2-8-20-13)14(17)10-21-12-6-4-11(5-7-12)15(18)19/h2-8H,9-10H2,1H3,(H,18,19). The molecule has 0 unspecified atom stereocenters. The monoisotopic (exact) mass is 289 g/mol. The van der Waals surface area contributed by atoms with Gasteiger partial charge in [0.2, 0.25) is 0 Å². The third kappa shape index (κ3) is 4.10. The van der Waals surface area contributed by atoms with E-state index in [1.54, 1.807) is 25.4 Å². The van der Waals surface area contributed by atoms with Crippen LogP contribution in [0.4, 0.5) is 0 Å². The van der Waals surface area contributed by atoms with E-state index in [0.717, 1.165) is 0 Å². The highest BCUT2D eigenvalue weighted by Gasteiger charge is 2.11. The summed E-state index contributed by atoms with van der Waals surface area (Å²) in [4.78, 5) is 24.1. The molecule has 1 amide bonds. The summed E-state index contributed by atoms with van der Waals surface area (Å²) in [5.74, 6) is -0.0686. The second kappa shape index (κ2) is 6.60. The van der Waals surface area contributed by atoms with E-state index in [0.29, 0.717) is 18.1 Å². The fourth-order valence-corrected chi connectivity index (χ4v) is 1.67. The predicted octanol–water partition coefficient (Wildman–Crippen LogP) is 2.02. The average Bonchev–Trinajstić information content (AvgIpc) is 2.98. The van der Waals surface area contributed by atoms with Gasteiger partial charge in [-0.1, -0.05) is 0 Å². The normalized spacial score (nSPS) is 10.1. The van der Waals surface area contributed by atoms with Crippen molar-refractivity contribution in [3.05, 3.63) is 54.0 Å². The Balaban J connectivity index is 1.84. The quantitative estimate of drug-likeness (QED) is 0.880. The first kappa shape index (κ1) is 14.6. The van der Waals surface area contributed by atoms with Crippen LogP contribution >= 0.6 is 0 Å². The highest BCUT2D eigenvalue weighted by molar-refractivity contribution is 5.87. The Morgan fingerprint density at radius 2 is 1.95 bits per heavy atom. The van der Waals surface area contributed by atoms with Crippen molar-refractivity contribution in [2.45, 2.75) is 6.54 Å². The molecule has 6 nitrogen and oxygen atoms in total. The summed E-state index contributed by atoms with van der Waals surface area (Å²) in [5.41, 5.74) is 0.170. The number of carbonyl (C=O) groups is 2. The minimum atomic E-state index is -1.00. The Kier molecular flexibility index (Phi) is 4.61. The number of amides is 1. The molecule has 0 aliphatic heterocycles. The zero-order valence-corrected chi connectivity index (χ0v) is 11.5. The number of nitrogens with zero attached hydrogens (tertiary/aromatic N) is 1. The molecule has 0 saturated heterocycles. The first-order valence-corrected chi connectivity index (χ1v) is 6.29. The van der Waals surface area contributed by atoms with Gasteiger partial charge in [0, 0.05) is 7.05 Å². The van der Waals surface area contributed by atoms with Crippen molar-refractivity contribution in [2.24, 2.45) is 0 Å². The van der Waals surface area contributed by atoms with Gasteiger partial charge in [0.1, 0.15) is 11.5 Å². The predicted molar refractivity (Wildman–Crippen MR) is 74.1 cm³/mol. The number of carboxylic acid groups (broad SMARTS) is 1. The number of benzene rings is 1. The smallest absolute Gasteiger partial charge is 0.335 e. The van der Waals surface area contributed by atoms with Crippen LogP contribution in [0.5, 0.6) is 5.75 Å². The maximum absolute atomic E-state index is 11.9. The van der Waals surface area contributed by atoms with Crippen LogP contribution in [-0.4, -0.2) is 35.5 Å². The second-order valence-electron chi connectivity index (χ2n) is 4.45. The van der Waals surface area contributed by atoms with E-state index in [9.17, 15) is 9.59 Å². The lowest BCUT2D eigenvalue weighted by Crippen LogP contribution is -2.30. The third-order valence-corrected chi connectivity index (χ3v) is 2.86. The number of aromatic carboxylic acids is 1. The zero-order valence-electron chi connectivity index (χ0n) is 11.5. The van der Waals surface area contributed by atoms with Crippen LogP contribution in [0.25, 0.3) is 0 Å². The molecule has 0 saturated carbocycles. The van der Waals surface area contributed by atoms with Crippen molar-refractivity contribution in [1.82, 2.24) is 4.90 Å². The molecule has 0 aliphatic carbocycles. The lowest BCUT2D eigenvalue weighted by Gasteiger charge is -2.16. The molecule has 0 fully saturated rings. The van der Waals surface area contributed by atoms with Crippen LogP contribution in [-0.2, 0) is 11.3 Å². The van der Waals surface area contributed by atoms with Crippen molar-refractivity contribution in [3.8, 4) is 5.75 Å². The Labute approximate surface area is 121 Å². The molecule has 0 radical (unpaired) electrons. The first-order valence-electron chi connectivity index (χ1n) is 6.29. The number of carboxylic acids is 1. The van der Waals surface area contributed by atoms with E-state index in [2.05, 4.69) is 0 Å². The molecule has 0 spiro atoms. The van der Waals surface area contributed by atoms with Crippen molar-refractivity contribution >= 4 is 11.9 Å². The van der Waals surface area contributed by atoms with Gasteiger partial charge in [0.25, 0.3) is 5.91 Å². The van der Waals surface area contributed by atoms with E-state index >= 15 is 0 Å².